The van der Waals surface area contributed by atoms with Crippen LogP contribution in [0.4, 0.5) is 0 Å². The van der Waals surface area contributed by atoms with E-state index in [1.54, 1.807) is 0 Å². The number of nitrogens with one attached hydrogen (secondary N) is 1. The average Bonchev–Trinajstić information content (AvgIpc) is 2.56. The maximum absolute atomic E-state index is 5.74. The molecular formula is C9H13N3. The fraction of sp³-hybridized carbons (Fsp3) is 0.444. The maximum Gasteiger partial charge on any atom is 0.0413 e. The summed E-state index contributed by atoms with van der Waals surface area (Å²) in [6, 6.07) is 0. The number of hydrogen-bond acceptors (Lipinski definition) is 3. The third-order valence-electron chi connectivity index (χ3n) is 2.37. The summed E-state index contributed by atoms with van der Waals surface area (Å²) < 4.78 is 0. The average molecular weight is 163 g/mol. The standard InChI is InChI=1S/C9H13N3/c10-9-3-1-2-7(4-9)8-5-11-12-6-8/h1-3,5,7-8,12H,4,6,10H2. The van der Waals surface area contributed by atoms with Crippen molar-refractivity contribution in [2.24, 2.45) is 22.7 Å². The van der Waals surface area contributed by atoms with Crippen LogP contribution in [0.1, 0.15) is 6.42 Å². The Balaban J connectivity index is 2.02. The van der Waals surface area contributed by atoms with E-state index in [0.29, 0.717) is 11.8 Å². The van der Waals surface area contributed by atoms with E-state index in [9.17, 15) is 0 Å². The van der Waals surface area contributed by atoms with Gasteiger partial charge in [-0.3, -0.25) is 0 Å². The second-order valence-electron chi connectivity index (χ2n) is 3.30. The van der Waals surface area contributed by atoms with Crippen molar-refractivity contribution < 1.29 is 0 Å². The van der Waals surface area contributed by atoms with Crippen LogP contribution in [0, 0.1) is 11.8 Å². The van der Waals surface area contributed by atoms with Crippen LogP contribution in [0.25, 0.3) is 0 Å². The highest BCUT2D eigenvalue weighted by Gasteiger charge is 2.21. The Morgan fingerprint density at radius 1 is 1.50 bits per heavy atom. The fourth-order valence-electron chi connectivity index (χ4n) is 1.65. The predicted molar refractivity (Wildman–Crippen MR) is 49.5 cm³/mol. The zero-order chi connectivity index (χ0) is 8.39. The molecule has 3 nitrogen and oxygen atoms in total. The number of hydrogen-bond donors (Lipinski definition) is 2. The van der Waals surface area contributed by atoms with Gasteiger partial charge in [0.2, 0.25) is 0 Å². The first-order chi connectivity index (χ1) is 5.86. The van der Waals surface area contributed by atoms with Gasteiger partial charge in [0.05, 0.1) is 0 Å². The van der Waals surface area contributed by atoms with E-state index >= 15 is 0 Å². The third-order valence-corrected chi connectivity index (χ3v) is 2.37. The predicted octanol–water partition coefficient (Wildman–Crippen LogP) is 0.610. The minimum Gasteiger partial charge on any atom is -0.402 e. The van der Waals surface area contributed by atoms with Crippen LogP contribution < -0.4 is 11.2 Å². The Hall–Kier alpha value is -1.25. The van der Waals surface area contributed by atoms with Crippen LogP contribution in [-0.4, -0.2) is 12.8 Å². The van der Waals surface area contributed by atoms with Crippen LogP contribution in [0.3, 0.4) is 0 Å². The maximum atomic E-state index is 5.74. The monoisotopic (exact) mass is 163 g/mol. The third kappa shape index (κ3) is 1.35. The molecule has 0 bridgehead atoms. The van der Waals surface area contributed by atoms with Gasteiger partial charge in [0, 0.05) is 24.4 Å². The van der Waals surface area contributed by atoms with Crippen LogP contribution in [0.15, 0.2) is 29.0 Å². The smallest absolute Gasteiger partial charge is 0.0413 e. The molecule has 0 aromatic carbocycles. The van der Waals surface area contributed by atoms with Gasteiger partial charge in [-0.15, -0.1) is 0 Å². The lowest BCUT2D eigenvalue weighted by molar-refractivity contribution is 0.497. The van der Waals surface area contributed by atoms with Gasteiger partial charge in [-0.05, 0) is 18.4 Å². The van der Waals surface area contributed by atoms with Gasteiger partial charge in [-0.2, -0.15) is 5.10 Å². The quantitative estimate of drug-likeness (QED) is 0.595. The number of allylic oxidation sites excluding steroid dienone is 4. The van der Waals surface area contributed by atoms with Gasteiger partial charge < -0.3 is 11.2 Å². The van der Waals surface area contributed by atoms with Crippen molar-refractivity contribution in [3.63, 3.8) is 0 Å². The second-order valence-corrected chi connectivity index (χ2v) is 3.30. The molecule has 2 atom stereocenters. The van der Waals surface area contributed by atoms with Crippen molar-refractivity contribution in [3.8, 4) is 0 Å². The molecule has 0 amide bonds. The number of nitrogens with zero attached hydrogens (tertiary/aromatic N) is 1. The molecule has 1 aliphatic heterocycles. The van der Waals surface area contributed by atoms with Crippen molar-refractivity contribution in [1.29, 1.82) is 0 Å². The lowest BCUT2D eigenvalue weighted by atomic mass is 9.87. The second kappa shape index (κ2) is 3.01. The summed E-state index contributed by atoms with van der Waals surface area (Å²) in [5.41, 5.74) is 9.67. The molecule has 64 valence electrons. The van der Waals surface area contributed by atoms with Gasteiger partial charge in [0.15, 0.2) is 0 Å². The lowest BCUT2D eigenvalue weighted by Gasteiger charge is -2.19. The Labute approximate surface area is 72.0 Å². The van der Waals surface area contributed by atoms with Crippen LogP contribution in [0.5, 0.6) is 0 Å². The summed E-state index contributed by atoms with van der Waals surface area (Å²) in [7, 11) is 0. The van der Waals surface area contributed by atoms with E-state index in [2.05, 4.69) is 16.6 Å². The molecule has 2 rings (SSSR count). The first kappa shape index (κ1) is 7.40. The zero-order valence-electron chi connectivity index (χ0n) is 6.90. The van der Waals surface area contributed by atoms with E-state index < -0.39 is 0 Å². The van der Waals surface area contributed by atoms with E-state index in [-0.39, 0.29) is 0 Å². The molecule has 0 radical (unpaired) electrons. The van der Waals surface area contributed by atoms with Crippen LogP contribution in [-0.2, 0) is 0 Å². The molecule has 2 aliphatic rings. The molecule has 1 heterocycles. The highest BCUT2D eigenvalue weighted by atomic mass is 15.3. The van der Waals surface area contributed by atoms with Gasteiger partial charge in [-0.25, -0.2) is 0 Å². The summed E-state index contributed by atoms with van der Waals surface area (Å²) >= 11 is 0. The molecule has 12 heavy (non-hydrogen) atoms. The van der Waals surface area contributed by atoms with Crippen LogP contribution in [0.2, 0.25) is 0 Å². The van der Waals surface area contributed by atoms with Crippen molar-refractivity contribution in [1.82, 2.24) is 5.43 Å². The summed E-state index contributed by atoms with van der Waals surface area (Å²) in [6.45, 7) is 0.947. The molecule has 0 spiro atoms. The minimum atomic E-state index is 0.522. The van der Waals surface area contributed by atoms with Crippen LogP contribution >= 0.6 is 0 Å². The van der Waals surface area contributed by atoms with Gasteiger partial charge >= 0.3 is 0 Å². The van der Waals surface area contributed by atoms with Gasteiger partial charge in [0.1, 0.15) is 0 Å². The largest absolute Gasteiger partial charge is 0.402 e. The fourth-order valence-corrected chi connectivity index (χ4v) is 1.65. The molecule has 3 heteroatoms. The highest BCUT2D eigenvalue weighted by molar-refractivity contribution is 5.63. The first-order valence-corrected chi connectivity index (χ1v) is 4.25. The van der Waals surface area contributed by atoms with Crippen molar-refractivity contribution in [2.75, 3.05) is 6.54 Å². The molecule has 0 aromatic rings. The summed E-state index contributed by atoms with van der Waals surface area (Å²) in [6.07, 6.45) is 9.16. The minimum absolute atomic E-state index is 0.522. The van der Waals surface area contributed by atoms with E-state index in [1.807, 2.05) is 18.4 Å². The first-order valence-electron chi connectivity index (χ1n) is 4.25. The highest BCUT2D eigenvalue weighted by Crippen LogP contribution is 2.23. The molecule has 0 fully saturated rings. The lowest BCUT2D eigenvalue weighted by Crippen LogP contribution is -2.22. The molecule has 3 N–H and O–H groups in total. The van der Waals surface area contributed by atoms with Crippen molar-refractivity contribution >= 4 is 6.21 Å². The summed E-state index contributed by atoms with van der Waals surface area (Å²) in [5.74, 6) is 1.06. The van der Waals surface area contributed by atoms with Gasteiger partial charge in [-0.1, -0.05) is 12.2 Å². The molecule has 1 aliphatic carbocycles. The number of rotatable bonds is 1. The molecule has 0 saturated heterocycles. The topological polar surface area (TPSA) is 50.4 Å². The Morgan fingerprint density at radius 3 is 3.08 bits per heavy atom. The van der Waals surface area contributed by atoms with E-state index in [0.717, 1.165) is 18.7 Å². The molecular weight excluding hydrogens is 150 g/mol. The Morgan fingerprint density at radius 2 is 2.42 bits per heavy atom. The molecule has 0 aromatic heterocycles. The van der Waals surface area contributed by atoms with Gasteiger partial charge in [0.25, 0.3) is 0 Å². The molecule has 0 saturated carbocycles. The number of nitrogens with two attached hydrogens (primary N) is 1. The van der Waals surface area contributed by atoms with Crippen molar-refractivity contribution in [3.05, 3.63) is 23.9 Å². The summed E-state index contributed by atoms with van der Waals surface area (Å²) in [4.78, 5) is 0. The molecule has 2 unspecified atom stereocenters. The SMILES string of the molecule is NC1=CC=CC(C2C=NNC2)C1. The van der Waals surface area contributed by atoms with E-state index in [4.69, 9.17) is 5.73 Å². The number of hydrazone groups is 1. The normalized spacial score (nSPS) is 33.2. The van der Waals surface area contributed by atoms with Crippen molar-refractivity contribution in [2.45, 2.75) is 6.42 Å². The van der Waals surface area contributed by atoms with E-state index in [1.165, 1.54) is 0 Å². The Kier molecular flexibility index (Phi) is 1.86. The zero-order valence-corrected chi connectivity index (χ0v) is 6.90. The summed E-state index contributed by atoms with van der Waals surface area (Å²) in [5, 5.41) is 4.00. The Bertz CT molecular complexity index is 252.